The van der Waals surface area contributed by atoms with E-state index in [1.54, 1.807) is 6.92 Å². The first-order chi connectivity index (χ1) is 7.58. The molecule has 0 radical (unpaired) electrons. The molecule has 3 nitrogen and oxygen atoms in total. The van der Waals surface area contributed by atoms with Crippen LogP contribution < -0.4 is 0 Å². The van der Waals surface area contributed by atoms with Crippen molar-refractivity contribution in [2.75, 3.05) is 6.54 Å². The van der Waals surface area contributed by atoms with Gasteiger partial charge in [-0.25, -0.2) is 0 Å². The summed E-state index contributed by atoms with van der Waals surface area (Å²) in [7, 11) is 0. The lowest BCUT2D eigenvalue weighted by molar-refractivity contribution is -0.138. The van der Waals surface area contributed by atoms with Crippen LogP contribution in [0.15, 0.2) is 11.6 Å². The fourth-order valence-electron chi connectivity index (χ4n) is 2.58. The van der Waals surface area contributed by atoms with Gasteiger partial charge in [-0.05, 0) is 31.6 Å². The molecule has 0 bridgehead atoms. The van der Waals surface area contributed by atoms with Crippen LogP contribution in [-0.2, 0) is 9.59 Å². The predicted molar refractivity (Wildman–Crippen MR) is 61.6 cm³/mol. The zero-order valence-corrected chi connectivity index (χ0v) is 10.0. The van der Waals surface area contributed by atoms with Gasteiger partial charge in [0.1, 0.15) is 0 Å². The first-order valence-electron chi connectivity index (χ1n) is 6.12. The van der Waals surface area contributed by atoms with Crippen molar-refractivity contribution >= 4 is 11.8 Å². The van der Waals surface area contributed by atoms with Crippen LogP contribution in [0.4, 0.5) is 0 Å². The van der Waals surface area contributed by atoms with E-state index in [0.29, 0.717) is 18.0 Å². The maximum absolute atomic E-state index is 11.7. The molecule has 88 valence electrons. The number of rotatable bonds is 2. The highest BCUT2D eigenvalue weighted by atomic mass is 16.2. The highest BCUT2D eigenvalue weighted by molar-refractivity contribution is 6.15. The maximum atomic E-state index is 11.7. The van der Waals surface area contributed by atoms with Crippen LogP contribution >= 0.6 is 0 Å². The van der Waals surface area contributed by atoms with Crippen molar-refractivity contribution in [3.8, 4) is 0 Å². The van der Waals surface area contributed by atoms with E-state index in [-0.39, 0.29) is 11.8 Å². The summed E-state index contributed by atoms with van der Waals surface area (Å²) >= 11 is 0. The molecule has 0 aromatic heterocycles. The molecule has 2 rings (SSSR count). The van der Waals surface area contributed by atoms with E-state index < -0.39 is 0 Å². The van der Waals surface area contributed by atoms with Crippen molar-refractivity contribution in [2.24, 2.45) is 11.8 Å². The molecule has 16 heavy (non-hydrogen) atoms. The lowest BCUT2D eigenvalue weighted by atomic mass is 9.83. The standard InChI is InChI=1S/C13H19NO2/c1-9-3-5-11(6-4-9)8-14-12(15)7-10(2)13(14)16/h7,9,11H,3-6,8H2,1-2H3. The number of hydrogen-bond acceptors (Lipinski definition) is 2. The van der Waals surface area contributed by atoms with Crippen molar-refractivity contribution in [1.29, 1.82) is 0 Å². The van der Waals surface area contributed by atoms with Crippen LogP contribution in [0.5, 0.6) is 0 Å². The lowest BCUT2D eigenvalue weighted by Crippen LogP contribution is -2.36. The van der Waals surface area contributed by atoms with Crippen molar-refractivity contribution in [3.63, 3.8) is 0 Å². The van der Waals surface area contributed by atoms with Gasteiger partial charge in [-0.2, -0.15) is 0 Å². The van der Waals surface area contributed by atoms with Crippen molar-refractivity contribution in [1.82, 2.24) is 4.90 Å². The Balaban J connectivity index is 1.91. The first-order valence-corrected chi connectivity index (χ1v) is 6.12. The molecule has 1 saturated carbocycles. The van der Waals surface area contributed by atoms with E-state index in [2.05, 4.69) is 6.92 Å². The normalized spacial score (nSPS) is 30.9. The molecular formula is C13H19NO2. The van der Waals surface area contributed by atoms with Gasteiger partial charge >= 0.3 is 0 Å². The average molecular weight is 221 g/mol. The van der Waals surface area contributed by atoms with Crippen molar-refractivity contribution < 1.29 is 9.59 Å². The van der Waals surface area contributed by atoms with E-state index in [0.717, 1.165) is 18.8 Å². The zero-order valence-electron chi connectivity index (χ0n) is 10.0. The molecule has 3 heteroatoms. The Bertz CT molecular complexity index is 338. The van der Waals surface area contributed by atoms with Crippen LogP contribution in [-0.4, -0.2) is 23.3 Å². The van der Waals surface area contributed by atoms with E-state index in [9.17, 15) is 9.59 Å². The number of carbonyl (C=O) groups excluding carboxylic acids is 2. The molecule has 1 fully saturated rings. The van der Waals surface area contributed by atoms with Gasteiger partial charge < -0.3 is 0 Å². The largest absolute Gasteiger partial charge is 0.275 e. The quantitative estimate of drug-likeness (QED) is 0.670. The summed E-state index contributed by atoms with van der Waals surface area (Å²) in [5, 5.41) is 0. The minimum absolute atomic E-state index is 0.0939. The van der Waals surface area contributed by atoms with Crippen LogP contribution in [0.2, 0.25) is 0 Å². The summed E-state index contributed by atoms with van der Waals surface area (Å²) in [6.45, 7) is 4.61. The molecule has 1 aliphatic carbocycles. The van der Waals surface area contributed by atoms with Gasteiger partial charge in [0.2, 0.25) is 0 Å². The highest BCUT2D eigenvalue weighted by Crippen LogP contribution is 2.29. The van der Waals surface area contributed by atoms with Crippen LogP contribution in [0.3, 0.4) is 0 Å². The fraction of sp³-hybridized carbons (Fsp3) is 0.692. The maximum Gasteiger partial charge on any atom is 0.256 e. The molecule has 0 spiro atoms. The Morgan fingerprint density at radius 2 is 1.88 bits per heavy atom. The monoisotopic (exact) mass is 221 g/mol. The second-order valence-electron chi connectivity index (χ2n) is 5.21. The molecule has 0 saturated heterocycles. The SMILES string of the molecule is CC1=CC(=O)N(CC2CCC(C)CC2)C1=O. The summed E-state index contributed by atoms with van der Waals surface area (Å²) < 4.78 is 0. The molecule has 0 unspecified atom stereocenters. The topological polar surface area (TPSA) is 37.4 Å². The van der Waals surface area contributed by atoms with Gasteiger partial charge in [0, 0.05) is 18.2 Å². The number of imide groups is 1. The summed E-state index contributed by atoms with van der Waals surface area (Å²) in [4.78, 5) is 24.7. The average Bonchev–Trinajstić information content (AvgIpc) is 2.48. The van der Waals surface area contributed by atoms with E-state index in [4.69, 9.17) is 0 Å². The summed E-state index contributed by atoms with van der Waals surface area (Å²) in [5.74, 6) is 1.11. The van der Waals surface area contributed by atoms with Gasteiger partial charge in [-0.1, -0.05) is 19.8 Å². The third-order valence-corrected chi connectivity index (χ3v) is 3.76. The first kappa shape index (κ1) is 11.4. The highest BCUT2D eigenvalue weighted by Gasteiger charge is 2.31. The number of amides is 2. The molecule has 0 atom stereocenters. The Morgan fingerprint density at radius 3 is 2.38 bits per heavy atom. The van der Waals surface area contributed by atoms with Crippen molar-refractivity contribution in [3.05, 3.63) is 11.6 Å². The van der Waals surface area contributed by atoms with Crippen molar-refractivity contribution in [2.45, 2.75) is 39.5 Å². The minimum atomic E-state index is -0.124. The third kappa shape index (κ3) is 2.18. The molecule has 1 aliphatic heterocycles. The number of carbonyl (C=O) groups is 2. The molecule has 2 amide bonds. The predicted octanol–water partition coefficient (Wildman–Crippen LogP) is 2.13. The summed E-state index contributed by atoms with van der Waals surface area (Å²) in [5.41, 5.74) is 0.578. The van der Waals surface area contributed by atoms with Crippen LogP contribution in [0.25, 0.3) is 0 Å². The lowest BCUT2D eigenvalue weighted by Gasteiger charge is -2.28. The number of nitrogens with zero attached hydrogens (tertiary/aromatic N) is 1. The summed E-state index contributed by atoms with van der Waals surface area (Å²) in [6.07, 6.45) is 6.21. The molecule has 0 aromatic rings. The Morgan fingerprint density at radius 1 is 1.25 bits per heavy atom. The molecule has 0 N–H and O–H groups in total. The second kappa shape index (κ2) is 4.40. The molecular weight excluding hydrogens is 202 g/mol. The van der Waals surface area contributed by atoms with Gasteiger partial charge in [0.15, 0.2) is 0 Å². The molecule has 2 aliphatic rings. The molecule has 1 heterocycles. The van der Waals surface area contributed by atoms with Crippen LogP contribution in [0, 0.1) is 11.8 Å². The fourth-order valence-corrected chi connectivity index (χ4v) is 2.58. The van der Waals surface area contributed by atoms with E-state index in [1.807, 2.05) is 0 Å². The van der Waals surface area contributed by atoms with Gasteiger partial charge in [-0.3, -0.25) is 14.5 Å². The smallest absolute Gasteiger partial charge is 0.256 e. The van der Waals surface area contributed by atoms with Gasteiger partial charge in [0.25, 0.3) is 11.8 Å². The Labute approximate surface area is 96.5 Å². The minimum Gasteiger partial charge on any atom is -0.275 e. The van der Waals surface area contributed by atoms with E-state index >= 15 is 0 Å². The van der Waals surface area contributed by atoms with Crippen LogP contribution in [0.1, 0.15) is 39.5 Å². The van der Waals surface area contributed by atoms with Gasteiger partial charge in [-0.15, -0.1) is 0 Å². The Kier molecular flexibility index (Phi) is 3.13. The zero-order chi connectivity index (χ0) is 11.7. The second-order valence-corrected chi connectivity index (χ2v) is 5.21. The Hall–Kier alpha value is -1.12. The van der Waals surface area contributed by atoms with E-state index in [1.165, 1.54) is 23.8 Å². The third-order valence-electron chi connectivity index (χ3n) is 3.76. The molecule has 0 aromatic carbocycles. The van der Waals surface area contributed by atoms with Gasteiger partial charge in [0.05, 0.1) is 0 Å². The number of hydrogen-bond donors (Lipinski definition) is 0. The summed E-state index contributed by atoms with van der Waals surface area (Å²) in [6, 6.07) is 0.